The molecule has 2 saturated carbocycles. The molecule has 3 aliphatic rings. The number of fused-ring (bicyclic) bond motifs is 3. The molecule has 1 aromatic rings. The van der Waals surface area contributed by atoms with Crippen molar-refractivity contribution in [3.63, 3.8) is 0 Å². The number of phenolic OH excluding ortho intramolecular Hbond substituents is 1. The Hall–Kier alpha value is -2.64. The zero-order valence-corrected chi connectivity index (χ0v) is 16.3. The highest BCUT2D eigenvalue weighted by atomic mass is 16.4. The third kappa shape index (κ3) is 2.50. The van der Waals surface area contributed by atoms with Crippen LogP contribution in [0.25, 0.3) is 5.76 Å². The minimum atomic E-state index is -2.32. The Morgan fingerprint density at radius 2 is 1.90 bits per heavy atom. The second kappa shape index (κ2) is 6.43. The zero-order chi connectivity index (χ0) is 21.2. The number of aryl methyl sites for hydroxylation is 1. The summed E-state index contributed by atoms with van der Waals surface area (Å²) in [6.45, 7) is 3.44. The molecule has 0 aliphatic heterocycles. The van der Waals surface area contributed by atoms with Crippen molar-refractivity contribution in [2.75, 3.05) is 0 Å². The van der Waals surface area contributed by atoms with Crippen LogP contribution >= 0.6 is 0 Å². The first-order chi connectivity index (χ1) is 13.6. The fraction of sp³-hybridized carbons (Fsp3) is 0.455. The maximum atomic E-state index is 13.4. The molecule has 7 nitrogen and oxygen atoms in total. The molecule has 2 fully saturated rings. The Labute approximate surface area is 167 Å². The summed E-state index contributed by atoms with van der Waals surface area (Å²) in [4.78, 5) is 25.9. The molecule has 5 N–H and O–H groups in total. The molecule has 1 unspecified atom stereocenters. The molecule has 7 heteroatoms. The van der Waals surface area contributed by atoms with E-state index in [0.717, 1.165) is 11.1 Å². The van der Waals surface area contributed by atoms with Gasteiger partial charge in [0.2, 0.25) is 0 Å². The van der Waals surface area contributed by atoms with Gasteiger partial charge < -0.3 is 25.5 Å². The summed E-state index contributed by atoms with van der Waals surface area (Å²) >= 11 is 0. The highest BCUT2D eigenvalue weighted by molar-refractivity contribution is 6.12. The highest BCUT2D eigenvalue weighted by Crippen LogP contribution is 2.52. The number of aliphatic hydroxyl groups excluding tert-OH is 3. The van der Waals surface area contributed by atoms with Crippen molar-refractivity contribution in [2.45, 2.75) is 51.2 Å². The average molecular weight is 400 g/mol. The third-order valence-electron chi connectivity index (χ3n) is 6.74. The fourth-order valence-corrected chi connectivity index (χ4v) is 5.16. The number of hydrogen-bond acceptors (Lipinski definition) is 7. The molecule has 1 aromatic carbocycles. The van der Waals surface area contributed by atoms with E-state index in [1.165, 1.54) is 6.07 Å². The first-order valence-electron chi connectivity index (χ1n) is 9.78. The summed E-state index contributed by atoms with van der Waals surface area (Å²) in [5.41, 5.74) is -0.951. The molecule has 0 radical (unpaired) electrons. The number of Topliss-reactive ketones (excluding diaryl/α,β-unsaturated/α-hetero) is 2. The van der Waals surface area contributed by atoms with Gasteiger partial charge >= 0.3 is 0 Å². The number of benzene rings is 1. The van der Waals surface area contributed by atoms with E-state index in [1.54, 1.807) is 13.0 Å². The van der Waals surface area contributed by atoms with Crippen molar-refractivity contribution in [1.82, 2.24) is 0 Å². The SMILES string of the molecule is CCC(O)=C1C(=O)C[C@@H]2C[C@@H]3Cc4c(C)ccc(O)c4C(O)=C3C(=O)[C@]2(O)C1O. The molecule has 4 rings (SSSR count). The fourth-order valence-electron chi connectivity index (χ4n) is 5.16. The number of hydrogen-bond donors (Lipinski definition) is 5. The Balaban J connectivity index is 1.89. The number of aliphatic hydroxyl groups is 4. The van der Waals surface area contributed by atoms with Crippen LogP contribution in [0.15, 0.2) is 29.0 Å². The minimum absolute atomic E-state index is 0.0408. The van der Waals surface area contributed by atoms with Gasteiger partial charge in [-0.05, 0) is 42.9 Å². The van der Waals surface area contributed by atoms with Crippen molar-refractivity contribution in [2.24, 2.45) is 11.8 Å². The molecule has 0 heterocycles. The van der Waals surface area contributed by atoms with Crippen LogP contribution in [0.5, 0.6) is 5.75 Å². The Kier molecular flexibility index (Phi) is 4.36. The minimum Gasteiger partial charge on any atom is -0.512 e. The standard InChI is InChI=1S/C22H24O7/c1-3-13(23)18-15(25)8-11-6-10-7-12-9(2)4-5-14(24)17(12)19(26)16(10)20(27)22(11,29)21(18)28/h4-5,10-11,21,23-24,26,28-29H,3,6-8H2,1-2H3/t10-,11+,21?,22+/m1/s1. The predicted molar refractivity (Wildman–Crippen MR) is 103 cm³/mol. The van der Waals surface area contributed by atoms with E-state index in [1.807, 2.05) is 6.92 Å². The maximum Gasteiger partial charge on any atom is 0.197 e. The van der Waals surface area contributed by atoms with Gasteiger partial charge in [0, 0.05) is 24.3 Å². The number of allylic oxidation sites excluding steroid dienone is 1. The number of ketones is 2. The number of carbonyl (C=O) groups is 2. The van der Waals surface area contributed by atoms with E-state index in [-0.39, 0.29) is 47.5 Å². The number of aromatic hydroxyl groups is 1. The van der Waals surface area contributed by atoms with E-state index < -0.39 is 40.9 Å². The van der Waals surface area contributed by atoms with Gasteiger partial charge in [-0.1, -0.05) is 13.0 Å². The molecule has 0 saturated heterocycles. The second-order valence-electron chi connectivity index (χ2n) is 8.25. The summed E-state index contributed by atoms with van der Waals surface area (Å²) in [7, 11) is 0. The lowest BCUT2D eigenvalue weighted by molar-refractivity contribution is -0.167. The van der Waals surface area contributed by atoms with Crippen molar-refractivity contribution in [3.05, 3.63) is 45.7 Å². The lowest BCUT2D eigenvalue weighted by atomic mass is 9.57. The molecule has 0 amide bonds. The predicted octanol–water partition coefficient (Wildman–Crippen LogP) is 2.02. The summed E-state index contributed by atoms with van der Waals surface area (Å²) in [5.74, 6) is -3.53. The molecule has 29 heavy (non-hydrogen) atoms. The highest BCUT2D eigenvalue weighted by Gasteiger charge is 2.62. The van der Waals surface area contributed by atoms with Crippen molar-refractivity contribution < 1.29 is 35.1 Å². The van der Waals surface area contributed by atoms with Gasteiger partial charge in [0.25, 0.3) is 0 Å². The number of rotatable bonds is 1. The Morgan fingerprint density at radius 1 is 1.21 bits per heavy atom. The first-order valence-corrected chi connectivity index (χ1v) is 9.78. The molecule has 0 aromatic heterocycles. The van der Waals surface area contributed by atoms with Crippen LogP contribution in [0.4, 0.5) is 0 Å². The quantitative estimate of drug-likeness (QED) is 0.359. The van der Waals surface area contributed by atoms with Crippen molar-refractivity contribution in [1.29, 1.82) is 0 Å². The van der Waals surface area contributed by atoms with Crippen molar-refractivity contribution in [3.8, 4) is 5.75 Å². The van der Waals surface area contributed by atoms with Crippen LogP contribution in [0, 0.1) is 18.8 Å². The summed E-state index contributed by atoms with van der Waals surface area (Å²) < 4.78 is 0. The average Bonchev–Trinajstić information content (AvgIpc) is 2.67. The van der Waals surface area contributed by atoms with E-state index in [9.17, 15) is 35.1 Å². The first kappa shape index (κ1) is 19.7. The van der Waals surface area contributed by atoms with Crippen LogP contribution in [0.3, 0.4) is 0 Å². The molecular weight excluding hydrogens is 376 g/mol. The van der Waals surface area contributed by atoms with Gasteiger partial charge in [-0.3, -0.25) is 9.59 Å². The molecule has 4 atom stereocenters. The number of carbonyl (C=O) groups excluding carboxylic acids is 2. The van der Waals surface area contributed by atoms with Crippen LogP contribution in [-0.2, 0) is 16.0 Å². The Bertz CT molecular complexity index is 1000. The smallest absolute Gasteiger partial charge is 0.197 e. The molecule has 154 valence electrons. The summed E-state index contributed by atoms with van der Waals surface area (Å²) in [6, 6.07) is 3.16. The van der Waals surface area contributed by atoms with Gasteiger partial charge in [0.05, 0.1) is 11.1 Å². The normalized spacial score (nSPS) is 33.2. The van der Waals surface area contributed by atoms with Gasteiger partial charge in [-0.2, -0.15) is 0 Å². The van der Waals surface area contributed by atoms with Gasteiger partial charge in [0.1, 0.15) is 23.4 Å². The molecule has 0 spiro atoms. The van der Waals surface area contributed by atoms with Crippen molar-refractivity contribution >= 4 is 17.3 Å². The summed E-state index contributed by atoms with van der Waals surface area (Å²) in [6.07, 6.45) is -1.38. The monoisotopic (exact) mass is 400 g/mol. The zero-order valence-electron chi connectivity index (χ0n) is 16.3. The lowest BCUT2D eigenvalue weighted by Gasteiger charge is -2.49. The third-order valence-corrected chi connectivity index (χ3v) is 6.74. The van der Waals surface area contributed by atoms with Gasteiger partial charge in [-0.15, -0.1) is 0 Å². The van der Waals surface area contributed by atoms with Gasteiger partial charge in [0.15, 0.2) is 17.2 Å². The van der Waals surface area contributed by atoms with Crippen LogP contribution in [0.2, 0.25) is 0 Å². The number of phenols is 1. The van der Waals surface area contributed by atoms with Crippen LogP contribution < -0.4 is 0 Å². The van der Waals surface area contributed by atoms with E-state index >= 15 is 0 Å². The largest absolute Gasteiger partial charge is 0.512 e. The Morgan fingerprint density at radius 3 is 2.55 bits per heavy atom. The van der Waals surface area contributed by atoms with E-state index in [4.69, 9.17) is 0 Å². The van der Waals surface area contributed by atoms with Crippen LogP contribution in [0.1, 0.15) is 42.9 Å². The van der Waals surface area contributed by atoms with Crippen LogP contribution in [-0.4, -0.2) is 48.8 Å². The summed E-state index contributed by atoms with van der Waals surface area (Å²) in [5, 5.41) is 53.3. The second-order valence-corrected chi connectivity index (χ2v) is 8.25. The lowest BCUT2D eigenvalue weighted by Crippen LogP contribution is -2.64. The van der Waals surface area contributed by atoms with E-state index in [2.05, 4.69) is 0 Å². The topological polar surface area (TPSA) is 135 Å². The van der Waals surface area contributed by atoms with Gasteiger partial charge in [-0.25, -0.2) is 0 Å². The van der Waals surface area contributed by atoms with E-state index in [0.29, 0.717) is 6.42 Å². The molecular formula is C22H24O7. The molecule has 0 bridgehead atoms. The maximum absolute atomic E-state index is 13.4. The molecule has 3 aliphatic carbocycles.